The van der Waals surface area contributed by atoms with Crippen molar-refractivity contribution < 1.29 is 9.84 Å². The SMILES string of the molecule is Cn1ccc(CNCC(O)COc2cccc(Cl)c2Cl)c1. The lowest BCUT2D eigenvalue weighted by atomic mass is 10.3. The van der Waals surface area contributed by atoms with Gasteiger partial charge in [0.25, 0.3) is 0 Å². The van der Waals surface area contributed by atoms with E-state index < -0.39 is 6.10 Å². The van der Waals surface area contributed by atoms with Gasteiger partial charge in [0.1, 0.15) is 23.5 Å². The lowest BCUT2D eigenvalue weighted by molar-refractivity contribution is 0.106. The first-order chi connectivity index (χ1) is 10.1. The summed E-state index contributed by atoms with van der Waals surface area (Å²) in [5, 5.41) is 13.9. The molecule has 0 saturated heterocycles. The summed E-state index contributed by atoms with van der Waals surface area (Å²) in [6.07, 6.45) is 3.39. The maximum atomic E-state index is 9.89. The van der Waals surface area contributed by atoms with E-state index in [1.165, 1.54) is 5.56 Å². The van der Waals surface area contributed by atoms with Crippen LogP contribution in [-0.2, 0) is 13.6 Å². The number of aliphatic hydroxyl groups is 1. The van der Waals surface area contributed by atoms with Crippen molar-refractivity contribution in [2.24, 2.45) is 7.05 Å². The number of aliphatic hydroxyl groups excluding tert-OH is 1. The zero-order valence-electron chi connectivity index (χ0n) is 11.7. The molecule has 4 nitrogen and oxygen atoms in total. The summed E-state index contributed by atoms with van der Waals surface area (Å²) in [5.41, 5.74) is 1.17. The largest absolute Gasteiger partial charge is 0.489 e. The highest BCUT2D eigenvalue weighted by Crippen LogP contribution is 2.31. The second-order valence-electron chi connectivity index (χ2n) is 4.83. The number of hydrogen-bond donors (Lipinski definition) is 2. The van der Waals surface area contributed by atoms with E-state index >= 15 is 0 Å². The van der Waals surface area contributed by atoms with Crippen molar-refractivity contribution in [3.63, 3.8) is 0 Å². The smallest absolute Gasteiger partial charge is 0.139 e. The molecular weight excluding hydrogens is 311 g/mol. The third-order valence-electron chi connectivity index (χ3n) is 2.95. The third-order valence-corrected chi connectivity index (χ3v) is 3.75. The Labute approximate surface area is 134 Å². The van der Waals surface area contributed by atoms with E-state index in [0.29, 0.717) is 28.9 Å². The highest BCUT2D eigenvalue weighted by molar-refractivity contribution is 6.42. The lowest BCUT2D eigenvalue weighted by Gasteiger charge is -2.14. The Morgan fingerprint density at radius 1 is 1.33 bits per heavy atom. The molecule has 6 heteroatoms. The Hall–Kier alpha value is -1.20. The Morgan fingerprint density at radius 2 is 2.14 bits per heavy atom. The molecule has 0 amide bonds. The number of nitrogens with zero attached hydrogens (tertiary/aromatic N) is 1. The van der Waals surface area contributed by atoms with Crippen molar-refractivity contribution >= 4 is 23.2 Å². The predicted octanol–water partition coefficient (Wildman–Crippen LogP) is 2.86. The number of aromatic nitrogens is 1. The Bertz CT molecular complexity index is 587. The van der Waals surface area contributed by atoms with Crippen LogP contribution in [0.4, 0.5) is 0 Å². The molecule has 0 bridgehead atoms. The molecule has 1 heterocycles. The fraction of sp³-hybridized carbons (Fsp3) is 0.333. The zero-order valence-corrected chi connectivity index (χ0v) is 13.2. The minimum absolute atomic E-state index is 0.155. The van der Waals surface area contributed by atoms with Crippen LogP contribution < -0.4 is 10.1 Å². The molecule has 0 radical (unpaired) electrons. The van der Waals surface area contributed by atoms with Crippen LogP contribution in [0.1, 0.15) is 5.56 Å². The number of rotatable bonds is 7. The molecular formula is C15H18Cl2N2O2. The molecule has 1 atom stereocenters. The predicted molar refractivity (Wildman–Crippen MR) is 85.1 cm³/mol. The molecule has 21 heavy (non-hydrogen) atoms. The molecule has 1 aromatic heterocycles. The summed E-state index contributed by atoms with van der Waals surface area (Å²) >= 11 is 11.9. The fourth-order valence-corrected chi connectivity index (χ4v) is 2.24. The first-order valence-corrected chi connectivity index (χ1v) is 7.38. The number of nitrogens with one attached hydrogen (secondary N) is 1. The summed E-state index contributed by atoms with van der Waals surface area (Å²) in [4.78, 5) is 0. The second kappa shape index (κ2) is 7.71. The second-order valence-corrected chi connectivity index (χ2v) is 5.62. The molecule has 0 aliphatic rings. The molecule has 2 N–H and O–H groups in total. The average molecular weight is 329 g/mol. The molecule has 0 fully saturated rings. The van der Waals surface area contributed by atoms with Crippen LogP contribution in [0.3, 0.4) is 0 Å². The maximum Gasteiger partial charge on any atom is 0.139 e. The minimum atomic E-state index is -0.622. The van der Waals surface area contributed by atoms with Crippen molar-refractivity contribution in [3.05, 3.63) is 52.3 Å². The van der Waals surface area contributed by atoms with Gasteiger partial charge in [-0.05, 0) is 23.8 Å². The van der Waals surface area contributed by atoms with Crippen LogP contribution >= 0.6 is 23.2 Å². The van der Waals surface area contributed by atoms with Crippen molar-refractivity contribution in [1.82, 2.24) is 9.88 Å². The number of halogens is 2. The van der Waals surface area contributed by atoms with Gasteiger partial charge in [-0.25, -0.2) is 0 Å². The van der Waals surface area contributed by atoms with E-state index in [0.717, 1.165) is 0 Å². The number of ether oxygens (including phenoxy) is 1. The maximum absolute atomic E-state index is 9.89. The summed E-state index contributed by atoms with van der Waals surface area (Å²) in [6.45, 7) is 1.30. The Balaban J connectivity index is 1.72. The van der Waals surface area contributed by atoms with E-state index in [1.54, 1.807) is 18.2 Å². The highest BCUT2D eigenvalue weighted by Gasteiger charge is 2.09. The summed E-state index contributed by atoms with van der Waals surface area (Å²) < 4.78 is 7.46. The van der Waals surface area contributed by atoms with Gasteiger partial charge in [0.2, 0.25) is 0 Å². The summed E-state index contributed by atoms with van der Waals surface area (Å²) in [6, 6.07) is 7.19. The Morgan fingerprint density at radius 3 is 2.86 bits per heavy atom. The lowest BCUT2D eigenvalue weighted by Crippen LogP contribution is -2.31. The van der Waals surface area contributed by atoms with Crippen LogP contribution in [0.25, 0.3) is 0 Å². The third kappa shape index (κ3) is 4.93. The molecule has 0 saturated carbocycles. The topological polar surface area (TPSA) is 46.4 Å². The van der Waals surface area contributed by atoms with Crippen LogP contribution in [0.2, 0.25) is 10.0 Å². The minimum Gasteiger partial charge on any atom is -0.489 e. The summed E-state index contributed by atoms with van der Waals surface area (Å²) in [7, 11) is 1.97. The van der Waals surface area contributed by atoms with Gasteiger partial charge in [0, 0.05) is 32.5 Å². The molecule has 0 aliphatic heterocycles. The number of hydrogen-bond acceptors (Lipinski definition) is 3. The number of aryl methyl sites for hydroxylation is 1. The molecule has 2 aromatic rings. The van der Waals surface area contributed by atoms with Crippen molar-refractivity contribution in [1.29, 1.82) is 0 Å². The van der Waals surface area contributed by atoms with E-state index in [2.05, 4.69) is 5.32 Å². The highest BCUT2D eigenvalue weighted by atomic mass is 35.5. The molecule has 114 valence electrons. The normalized spacial score (nSPS) is 12.4. The van der Waals surface area contributed by atoms with Crippen LogP contribution in [0, 0.1) is 0 Å². The monoisotopic (exact) mass is 328 g/mol. The van der Waals surface area contributed by atoms with Gasteiger partial charge in [0.05, 0.1) is 5.02 Å². The first kappa shape index (κ1) is 16.2. The zero-order chi connectivity index (χ0) is 15.2. The van der Waals surface area contributed by atoms with Gasteiger partial charge in [0.15, 0.2) is 0 Å². The van der Waals surface area contributed by atoms with E-state index in [1.807, 2.05) is 30.1 Å². The van der Waals surface area contributed by atoms with Crippen LogP contribution in [0.5, 0.6) is 5.75 Å². The summed E-state index contributed by atoms with van der Waals surface area (Å²) in [5.74, 6) is 0.478. The van der Waals surface area contributed by atoms with Gasteiger partial charge >= 0.3 is 0 Å². The van der Waals surface area contributed by atoms with Gasteiger partial charge in [-0.3, -0.25) is 0 Å². The van der Waals surface area contributed by atoms with Gasteiger partial charge in [-0.15, -0.1) is 0 Å². The molecule has 0 aliphatic carbocycles. The van der Waals surface area contributed by atoms with Crippen molar-refractivity contribution in [2.75, 3.05) is 13.2 Å². The fourth-order valence-electron chi connectivity index (χ4n) is 1.89. The van der Waals surface area contributed by atoms with E-state index in [4.69, 9.17) is 27.9 Å². The quantitative estimate of drug-likeness (QED) is 0.821. The van der Waals surface area contributed by atoms with Crippen molar-refractivity contribution in [3.8, 4) is 5.75 Å². The standard InChI is InChI=1S/C15H18Cl2N2O2/c1-19-6-5-11(9-19)7-18-8-12(20)10-21-14-4-2-3-13(16)15(14)17/h2-6,9,12,18,20H,7-8,10H2,1H3. The van der Waals surface area contributed by atoms with E-state index in [9.17, 15) is 5.11 Å². The van der Waals surface area contributed by atoms with Crippen LogP contribution in [-0.4, -0.2) is 28.9 Å². The van der Waals surface area contributed by atoms with Gasteiger partial charge in [-0.2, -0.15) is 0 Å². The number of benzene rings is 1. The average Bonchev–Trinajstić information content (AvgIpc) is 2.86. The van der Waals surface area contributed by atoms with Gasteiger partial charge in [-0.1, -0.05) is 29.3 Å². The van der Waals surface area contributed by atoms with Crippen molar-refractivity contribution in [2.45, 2.75) is 12.6 Å². The molecule has 2 rings (SSSR count). The van der Waals surface area contributed by atoms with Crippen LogP contribution in [0.15, 0.2) is 36.7 Å². The molecule has 0 spiro atoms. The Kier molecular flexibility index (Phi) is 5.94. The molecule has 1 aromatic carbocycles. The first-order valence-electron chi connectivity index (χ1n) is 6.62. The van der Waals surface area contributed by atoms with E-state index in [-0.39, 0.29) is 6.61 Å². The van der Waals surface area contributed by atoms with Gasteiger partial charge < -0.3 is 19.7 Å². The molecule has 1 unspecified atom stereocenters.